The molecule has 1 heterocycles. The van der Waals surface area contributed by atoms with Gasteiger partial charge in [0, 0.05) is 20.1 Å². The highest BCUT2D eigenvalue weighted by Gasteiger charge is 2.44. The molecule has 1 saturated heterocycles. The second-order valence-electron chi connectivity index (χ2n) is 11.7. The lowest BCUT2D eigenvalue weighted by Crippen LogP contribution is -2.37. The Morgan fingerprint density at radius 1 is 0.712 bits per heavy atom. The maximum atomic E-state index is 14.3. The monoisotopic (exact) mass is 878 g/mol. The highest BCUT2D eigenvalue weighted by molar-refractivity contribution is 9.09. The molecule has 1 aliphatic rings. The first-order valence-electron chi connectivity index (χ1n) is 16.1. The Hall–Kier alpha value is -1.80. The molecular formula is C38H37BrCl4F2O6S. The van der Waals surface area contributed by atoms with Crippen molar-refractivity contribution in [2.45, 2.75) is 66.5 Å². The molecule has 0 aromatic heterocycles. The van der Waals surface area contributed by atoms with Gasteiger partial charge in [0.25, 0.3) is 0 Å². The van der Waals surface area contributed by atoms with Gasteiger partial charge in [-0.25, -0.2) is 8.78 Å². The van der Waals surface area contributed by atoms with E-state index >= 15 is 0 Å². The van der Waals surface area contributed by atoms with Crippen molar-refractivity contribution in [3.8, 4) is 0 Å². The topological polar surface area (TPSA) is 74.2 Å². The van der Waals surface area contributed by atoms with Crippen LogP contribution in [0, 0.1) is 0 Å². The van der Waals surface area contributed by atoms with E-state index in [0.29, 0.717) is 33.3 Å². The van der Waals surface area contributed by atoms with Crippen LogP contribution in [0.5, 0.6) is 0 Å². The molecule has 0 amide bonds. The maximum absolute atomic E-state index is 14.3. The number of carbonyl (C=O) groups is 1. The number of hydrogen-bond acceptors (Lipinski definition) is 7. The molecule has 4 aromatic carbocycles. The van der Waals surface area contributed by atoms with E-state index in [1.54, 1.807) is 60.7 Å². The van der Waals surface area contributed by atoms with E-state index in [1.165, 1.54) is 0 Å². The normalized spacial score (nSPS) is 20.1. The smallest absolute Gasteiger partial charge is 0.182 e. The average molecular weight is 881 g/mol. The van der Waals surface area contributed by atoms with Crippen LogP contribution in [0.2, 0.25) is 20.1 Å². The summed E-state index contributed by atoms with van der Waals surface area (Å²) >= 11 is 27.9. The summed E-state index contributed by atoms with van der Waals surface area (Å²) in [6, 6.07) is 28.8. The quantitative estimate of drug-likeness (QED) is 0.0837. The highest BCUT2D eigenvalue weighted by atomic mass is 79.9. The minimum absolute atomic E-state index is 0.162. The molecule has 280 valence electrons. The Kier molecular flexibility index (Phi) is 18.6. The maximum Gasteiger partial charge on any atom is 0.182 e. The molecule has 1 fully saturated rings. The van der Waals surface area contributed by atoms with E-state index in [0.717, 1.165) is 34.0 Å². The molecule has 1 N–H and O–H groups in total. The molecule has 1 unspecified atom stereocenters. The van der Waals surface area contributed by atoms with Crippen LogP contribution in [0.1, 0.15) is 22.3 Å². The molecule has 52 heavy (non-hydrogen) atoms. The number of alkyl halides is 3. The van der Waals surface area contributed by atoms with Gasteiger partial charge in [0.15, 0.2) is 18.6 Å². The zero-order valence-electron chi connectivity index (χ0n) is 27.6. The molecule has 14 heteroatoms. The van der Waals surface area contributed by atoms with E-state index in [-0.39, 0.29) is 38.0 Å². The lowest BCUT2D eigenvalue weighted by atomic mass is 10.1. The molecule has 4 aromatic rings. The van der Waals surface area contributed by atoms with Crippen molar-refractivity contribution in [3.05, 3.63) is 139 Å². The summed E-state index contributed by atoms with van der Waals surface area (Å²) in [6.45, 7) is 1.63. The highest BCUT2D eigenvalue weighted by Crippen LogP contribution is 2.37. The number of thioether (sulfide) groups is 1. The number of aldehydes is 1. The van der Waals surface area contributed by atoms with Crippen LogP contribution in [0.3, 0.4) is 0 Å². The fourth-order valence-electron chi connectivity index (χ4n) is 4.89. The zero-order chi connectivity index (χ0) is 37.5. The third kappa shape index (κ3) is 14.5. The summed E-state index contributed by atoms with van der Waals surface area (Å²) in [7, 11) is 0. The van der Waals surface area contributed by atoms with Gasteiger partial charge in [0.05, 0.1) is 49.7 Å². The van der Waals surface area contributed by atoms with Crippen LogP contribution in [0.25, 0.3) is 0 Å². The summed E-state index contributed by atoms with van der Waals surface area (Å²) < 4.78 is 50.9. The lowest BCUT2D eigenvalue weighted by Gasteiger charge is -2.23. The van der Waals surface area contributed by atoms with Crippen molar-refractivity contribution < 1.29 is 37.6 Å². The standard InChI is InChI=1S/C19H18BrCl2FO3.C19H19Cl2FO3S/c20-17(12-25-10-13-1-5-15(21)6-2-13)19(18(23)9-24)26-11-14-3-7-16(22)8-4-14;20-14-5-1-12(2-6-14)9-24-11-16-18(17(22)19(23)26-16)25-10-13-3-7-15(21)8-4-13/h1-9,17-19H,10-12H2;1-8,16-19,23H,9-11H2/t17-,18+,19+;16-,17+,18-,19?/m01/s1. The molecule has 0 bridgehead atoms. The van der Waals surface area contributed by atoms with Gasteiger partial charge in [-0.3, -0.25) is 0 Å². The molecular weight excluding hydrogens is 844 g/mol. The third-order valence-electron chi connectivity index (χ3n) is 7.70. The molecule has 5 rings (SSSR count). The average Bonchev–Trinajstić information content (AvgIpc) is 3.41. The summed E-state index contributed by atoms with van der Waals surface area (Å²) in [4.78, 5) is 10.4. The van der Waals surface area contributed by atoms with Crippen LogP contribution in [-0.2, 0) is 50.2 Å². The van der Waals surface area contributed by atoms with Crippen LogP contribution < -0.4 is 0 Å². The van der Waals surface area contributed by atoms with Gasteiger partial charge in [0.1, 0.15) is 17.6 Å². The Labute approximate surface area is 335 Å². The van der Waals surface area contributed by atoms with Crippen LogP contribution in [0.4, 0.5) is 8.78 Å². The van der Waals surface area contributed by atoms with E-state index in [9.17, 15) is 18.7 Å². The number of ether oxygens (including phenoxy) is 4. The van der Waals surface area contributed by atoms with Crippen molar-refractivity contribution >= 4 is 80.4 Å². The van der Waals surface area contributed by atoms with E-state index in [4.69, 9.17) is 65.4 Å². The molecule has 0 radical (unpaired) electrons. The predicted octanol–water partition coefficient (Wildman–Crippen LogP) is 10.3. The fourth-order valence-corrected chi connectivity index (χ4v) is 7.25. The van der Waals surface area contributed by atoms with Gasteiger partial charge < -0.3 is 28.8 Å². The minimum atomic E-state index is -1.76. The second-order valence-corrected chi connectivity index (χ2v) is 16.0. The zero-order valence-corrected chi connectivity index (χ0v) is 33.1. The molecule has 6 nitrogen and oxygen atoms in total. The van der Waals surface area contributed by atoms with Crippen molar-refractivity contribution in [1.82, 2.24) is 0 Å². The number of aliphatic hydroxyl groups is 1. The Balaban J connectivity index is 0.000000233. The molecule has 1 aliphatic heterocycles. The summed E-state index contributed by atoms with van der Waals surface area (Å²) in [5, 5.41) is 12.1. The number of hydrogen-bond donors (Lipinski definition) is 1. The van der Waals surface area contributed by atoms with Gasteiger partial charge in [-0.1, -0.05) is 111 Å². The summed E-state index contributed by atoms with van der Waals surface area (Å²) in [6.07, 6.45) is -4.66. The lowest BCUT2D eigenvalue weighted by molar-refractivity contribution is -0.118. The van der Waals surface area contributed by atoms with Gasteiger partial charge in [-0.15, -0.1) is 11.8 Å². The number of aliphatic hydroxyl groups excluding tert-OH is 1. The largest absolute Gasteiger partial charge is 0.379 e. The molecule has 0 saturated carbocycles. The molecule has 7 atom stereocenters. The van der Waals surface area contributed by atoms with Gasteiger partial charge in [0.2, 0.25) is 0 Å². The Morgan fingerprint density at radius 3 is 1.60 bits per heavy atom. The van der Waals surface area contributed by atoms with Crippen molar-refractivity contribution in [1.29, 1.82) is 0 Å². The summed E-state index contributed by atoms with van der Waals surface area (Å²) in [5.74, 6) is 0. The van der Waals surface area contributed by atoms with Crippen LogP contribution in [-0.4, -0.2) is 64.7 Å². The van der Waals surface area contributed by atoms with E-state index in [1.807, 2.05) is 36.4 Å². The van der Waals surface area contributed by atoms with Crippen molar-refractivity contribution in [3.63, 3.8) is 0 Å². The van der Waals surface area contributed by atoms with Crippen LogP contribution >= 0.6 is 74.1 Å². The fraction of sp³-hybridized carbons (Fsp3) is 0.342. The number of rotatable bonds is 17. The van der Waals surface area contributed by atoms with Crippen molar-refractivity contribution in [2.75, 3.05) is 13.2 Å². The molecule has 0 spiro atoms. The number of halogens is 7. The Bertz CT molecular complexity index is 1630. The first kappa shape index (κ1) is 42.9. The van der Waals surface area contributed by atoms with Crippen LogP contribution in [0.15, 0.2) is 97.1 Å². The SMILES string of the molecule is O=C[C@@H](F)[C@H](OCc1ccc(Cl)cc1)[C@@H](Br)COCc1ccc(Cl)cc1.OC1S[C@H](COCc2ccc(Cl)cc2)[C@@H](OCc2ccc(Cl)cc2)[C@@H]1F. The first-order valence-corrected chi connectivity index (χ1v) is 19.5. The van der Waals surface area contributed by atoms with Gasteiger partial charge in [-0.05, 0) is 70.8 Å². The Morgan fingerprint density at radius 2 is 1.13 bits per heavy atom. The minimum Gasteiger partial charge on any atom is -0.379 e. The molecule has 0 aliphatic carbocycles. The second kappa shape index (κ2) is 22.5. The number of carbonyl (C=O) groups excluding carboxylic acids is 1. The van der Waals surface area contributed by atoms with E-state index < -0.39 is 34.8 Å². The van der Waals surface area contributed by atoms with E-state index in [2.05, 4.69) is 15.9 Å². The van der Waals surface area contributed by atoms with Gasteiger partial charge in [-0.2, -0.15) is 0 Å². The third-order valence-corrected chi connectivity index (χ3v) is 10.8. The predicted molar refractivity (Wildman–Crippen MR) is 208 cm³/mol. The first-order chi connectivity index (χ1) is 25.0. The number of benzene rings is 4. The summed E-state index contributed by atoms with van der Waals surface area (Å²) in [5.41, 5.74) is 2.55. The van der Waals surface area contributed by atoms with Gasteiger partial charge >= 0.3 is 0 Å². The van der Waals surface area contributed by atoms with Crippen molar-refractivity contribution in [2.24, 2.45) is 0 Å².